The zero-order valence-electron chi connectivity index (χ0n) is 12.1. The Morgan fingerprint density at radius 1 is 1.35 bits per heavy atom. The largest absolute Gasteiger partial charge is 0.383 e. The number of para-hydroxylation sites is 2. The summed E-state index contributed by atoms with van der Waals surface area (Å²) in [6.45, 7) is 2.34. The Kier molecular flexibility index (Phi) is 4.03. The molecule has 0 spiro atoms. The van der Waals surface area contributed by atoms with Gasteiger partial charge in [-0.25, -0.2) is 4.98 Å². The van der Waals surface area contributed by atoms with Gasteiger partial charge in [-0.05, 0) is 37.4 Å². The minimum atomic E-state index is 0.504. The molecule has 0 radical (unpaired) electrons. The molecule has 1 heterocycles. The van der Waals surface area contributed by atoms with Gasteiger partial charge in [-0.15, -0.1) is 0 Å². The number of aromatic nitrogens is 2. The highest BCUT2D eigenvalue weighted by molar-refractivity contribution is 5.76. The van der Waals surface area contributed by atoms with Crippen LogP contribution in [0.25, 0.3) is 11.0 Å². The summed E-state index contributed by atoms with van der Waals surface area (Å²) in [4.78, 5) is 4.90. The maximum atomic E-state index is 5.94. The molecule has 1 aromatic carbocycles. The summed E-state index contributed by atoms with van der Waals surface area (Å²) in [6.07, 6.45) is 3.70. The fraction of sp³-hybridized carbons (Fsp3) is 0.562. The van der Waals surface area contributed by atoms with Crippen LogP contribution >= 0.6 is 0 Å². The van der Waals surface area contributed by atoms with Gasteiger partial charge in [0.05, 0.1) is 17.6 Å². The summed E-state index contributed by atoms with van der Waals surface area (Å²) >= 11 is 0. The number of nitrogens with zero attached hydrogens (tertiary/aromatic N) is 2. The number of benzene rings is 1. The van der Waals surface area contributed by atoms with E-state index in [1.54, 1.807) is 7.11 Å². The van der Waals surface area contributed by atoms with E-state index in [0.717, 1.165) is 18.6 Å². The Balaban J connectivity index is 2.04. The Bertz CT molecular complexity index is 578. The first-order valence-corrected chi connectivity index (χ1v) is 7.49. The van der Waals surface area contributed by atoms with Crippen LogP contribution in [0.1, 0.15) is 31.0 Å². The van der Waals surface area contributed by atoms with E-state index in [4.69, 9.17) is 15.5 Å². The van der Waals surface area contributed by atoms with E-state index in [-0.39, 0.29) is 0 Å². The van der Waals surface area contributed by atoms with Crippen LogP contribution in [0.2, 0.25) is 0 Å². The van der Waals surface area contributed by atoms with E-state index in [2.05, 4.69) is 28.8 Å². The Hall–Kier alpha value is -1.39. The first kappa shape index (κ1) is 13.6. The molecular weight excluding hydrogens is 250 g/mol. The van der Waals surface area contributed by atoms with Crippen LogP contribution in [-0.2, 0) is 11.3 Å². The van der Waals surface area contributed by atoms with E-state index in [0.29, 0.717) is 18.4 Å². The maximum Gasteiger partial charge on any atom is 0.113 e. The van der Waals surface area contributed by atoms with E-state index >= 15 is 0 Å². The van der Waals surface area contributed by atoms with Crippen molar-refractivity contribution in [1.29, 1.82) is 0 Å². The van der Waals surface area contributed by atoms with Crippen molar-refractivity contribution >= 4 is 11.0 Å². The van der Waals surface area contributed by atoms with Crippen LogP contribution in [0.5, 0.6) is 0 Å². The molecule has 4 nitrogen and oxygen atoms in total. The number of hydrogen-bond acceptors (Lipinski definition) is 3. The van der Waals surface area contributed by atoms with Crippen molar-refractivity contribution in [2.24, 2.45) is 11.7 Å². The van der Waals surface area contributed by atoms with Crippen LogP contribution in [0.4, 0.5) is 0 Å². The molecule has 1 aliphatic rings. The molecule has 2 unspecified atom stereocenters. The lowest BCUT2D eigenvalue weighted by Gasteiger charge is -2.19. The molecule has 0 saturated heterocycles. The average molecular weight is 273 g/mol. The quantitative estimate of drug-likeness (QED) is 0.910. The van der Waals surface area contributed by atoms with Crippen molar-refractivity contribution in [3.05, 3.63) is 30.1 Å². The van der Waals surface area contributed by atoms with Gasteiger partial charge in [0.1, 0.15) is 5.82 Å². The molecule has 3 rings (SSSR count). The van der Waals surface area contributed by atoms with Crippen molar-refractivity contribution in [1.82, 2.24) is 9.55 Å². The smallest absolute Gasteiger partial charge is 0.113 e. The van der Waals surface area contributed by atoms with E-state index in [1.807, 2.05) is 0 Å². The third kappa shape index (κ3) is 2.34. The highest BCUT2D eigenvalue weighted by Crippen LogP contribution is 2.39. The number of methoxy groups -OCH3 is 1. The molecule has 1 fully saturated rings. The molecule has 1 aliphatic carbocycles. The van der Waals surface area contributed by atoms with Crippen molar-refractivity contribution in [3.8, 4) is 0 Å². The zero-order chi connectivity index (χ0) is 13.9. The number of ether oxygens (including phenoxy) is 1. The number of rotatable bonds is 5. The number of fused-ring (bicyclic) bond motifs is 1. The lowest BCUT2D eigenvalue weighted by atomic mass is 9.95. The molecule has 1 aromatic heterocycles. The van der Waals surface area contributed by atoms with Crippen LogP contribution < -0.4 is 5.73 Å². The van der Waals surface area contributed by atoms with Gasteiger partial charge >= 0.3 is 0 Å². The summed E-state index contributed by atoms with van der Waals surface area (Å²) in [6, 6.07) is 8.36. The number of nitrogens with two attached hydrogens (primary N) is 1. The number of imidazole rings is 1. The van der Waals surface area contributed by atoms with E-state index < -0.39 is 0 Å². The SMILES string of the molecule is COCCn1c(C2CCCC2CN)nc2ccccc21. The van der Waals surface area contributed by atoms with Crippen molar-refractivity contribution in [2.75, 3.05) is 20.3 Å². The highest BCUT2D eigenvalue weighted by atomic mass is 16.5. The lowest BCUT2D eigenvalue weighted by molar-refractivity contribution is 0.186. The van der Waals surface area contributed by atoms with E-state index in [1.165, 1.54) is 30.6 Å². The monoisotopic (exact) mass is 273 g/mol. The van der Waals surface area contributed by atoms with Crippen molar-refractivity contribution < 1.29 is 4.74 Å². The molecule has 0 amide bonds. The average Bonchev–Trinajstić information content (AvgIpc) is 3.08. The fourth-order valence-corrected chi connectivity index (χ4v) is 3.45. The lowest BCUT2D eigenvalue weighted by Crippen LogP contribution is -2.21. The second-order valence-corrected chi connectivity index (χ2v) is 5.64. The zero-order valence-corrected chi connectivity index (χ0v) is 12.1. The van der Waals surface area contributed by atoms with Gasteiger partial charge in [0, 0.05) is 19.6 Å². The van der Waals surface area contributed by atoms with Gasteiger partial charge in [-0.1, -0.05) is 18.6 Å². The summed E-state index contributed by atoms with van der Waals surface area (Å²) in [5.41, 5.74) is 8.24. The molecule has 2 aromatic rings. The van der Waals surface area contributed by atoms with Gasteiger partial charge < -0.3 is 15.0 Å². The minimum absolute atomic E-state index is 0.504. The number of hydrogen-bond donors (Lipinski definition) is 1. The van der Waals surface area contributed by atoms with Crippen molar-refractivity contribution in [2.45, 2.75) is 31.7 Å². The third-order valence-electron chi connectivity index (χ3n) is 4.50. The molecular formula is C16H23N3O. The second-order valence-electron chi connectivity index (χ2n) is 5.64. The third-order valence-corrected chi connectivity index (χ3v) is 4.50. The fourth-order valence-electron chi connectivity index (χ4n) is 3.45. The topological polar surface area (TPSA) is 53.1 Å². The summed E-state index contributed by atoms with van der Waals surface area (Å²) in [7, 11) is 1.75. The summed E-state index contributed by atoms with van der Waals surface area (Å²) < 4.78 is 7.59. The Morgan fingerprint density at radius 3 is 3.00 bits per heavy atom. The standard InChI is InChI=1S/C16H23N3O/c1-20-10-9-19-15-8-3-2-7-14(15)18-16(19)13-6-4-5-12(13)11-17/h2-3,7-8,12-13H,4-6,9-11,17H2,1H3. The Labute approximate surface area is 119 Å². The van der Waals surface area contributed by atoms with Crippen LogP contribution in [-0.4, -0.2) is 29.8 Å². The molecule has 0 aliphatic heterocycles. The molecule has 0 bridgehead atoms. The Morgan fingerprint density at radius 2 is 2.20 bits per heavy atom. The van der Waals surface area contributed by atoms with Crippen molar-refractivity contribution in [3.63, 3.8) is 0 Å². The van der Waals surface area contributed by atoms with Crippen LogP contribution in [0.3, 0.4) is 0 Å². The molecule has 108 valence electrons. The van der Waals surface area contributed by atoms with Gasteiger partial charge in [-0.2, -0.15) is 0 Å². The normalized spacial score (nSPS) is 22.7. The van der Waals surface area contributed by atoms with Gasteiger partial charge in [0.25, 0.3) is 0 Å². The van der Waals surface area contributed by atoms with Gasteiger partial charge in [-0.3, -0.25) is 0 Å². The molecule has 20 heavy (non-hydrogen) atoms. The molecule has 1 saturated carbocycles. The second kappa shape index (κ2) is 5.94. The summed E-state index contributed by atoms with van der Waals surface area (Å²) in [5, 5.41) is 0. The highest BCUT2D eigenvalue weighted by Gasteiger charge is 2.31. The first-order valence-electron chi connectivity index (χ1n) is 7.49. The van der Waals surface area contributed by atoms with Crippen LogP contribution in [0.15, 0.2) is 24.3 Å². The first-order chi connectivity index (χ1) is 9.85. The summed E-state index contributed by atoms with van der Waals surface area (Å²) in [5.74, 6) is 2.29. The maximum absolute atomic E-state index is 5.94. The molecule has 4 heteroatoms. The molecule has 2 atom stereocenters. The van der Waals surface area contributed by atoms with E-state index in [9.17, 15) is 0 Å². The molecule has 2 N–H and O–H groups in total. The van der Waals surface area contributed by atoms with Gasteiger partial charge in [0.2, 0.25) is 0 Å². The predicted octanol–water partition coefficient (Wildman–Crippen LogP) is 2.53. The van der Waals surface area contributed by atoms with Crippen LogP contribution in [0, 0.1) is 5.92 Å². The minimum Gasteiger partial charge on any atom is -0.383 e. The van der Waals surface area contributed by atoms with Gasteiger partial charge in [0.15, 0.2) is 0 Å². The predicted molar refractivity (Wildman–Crippen MR) is 80.7 cm³/mol.